The van der Waals surface area contributed by atoms with Gasteiger partial charge in [-0.05, 0) is 19.9 Å². The number of carbonyl (C=O) groups excluding carboxylic acids is 1. The van der Waals surface area contributed by atoms with E-state index in [2.05, 4.69) is 5.16 Å². The first kappa shape index (κ1) is 13.5. The van der Waals surface area contributed by atoms with Crippen molar-refractivity contribution < 1.29 is 19.2 Å². The first-order valence-electron chi connectivity index (χ1n) is 6.21. The Morgan fingerprint density at radius 1 is 1.47 bits per heavy atom. The van der Waals surface area contributed by atoms with Crippen LogP contribution in [0.4, 0.5) is 0 Å². The number of aromatic nitrogens is 1. The Morgan fingerprint density at radius 3 is 2.74 bits per heavy atom. The van der Waals surface area contributed by atoms with E-state index in [1.54, 1.807) is 11.9 Å². The molecule has 1 N–H and O–H groups in total. The van der Waals surface area contributed by atoms with Crippen LogP contribution in [0.3, 0.4) is 0 Å². The van der Waals surface area contributed by atoms with Crippen molar-refractivity contribution in [2.24, 2.45) is 0 Å². The number of nitrogens with zero attached hydrogens (tertiary/aromatic N) is 3. The van der Waals surface area contributed by atoms with E-state index >= 15 is 0 Å². The van der Waals surface area contributed by atoms with Gasteiger partial charge in [0, 0.05) is 19.2 Å². The molecule has 19 heavy (non-hydrogen) atoms. The Balaban J connectivity index is 1.84. The molecule has 1 aliphatic rings. The van der Waals surface area contributed by atoms with Crippen molar-refractivity contribution in [1.82, 2.24) is 15.0 Å². The van der Waals surface area contributed by atoms with Crippen molar-refractivity contribution in [3.63, 3.8) is 0 Å². The number of hydrogen-bond acceptors (Lipinski definition) is 5. The summed E-state index contributed by atoms with van der Waals surface area (Å²) < 4.78 is 4.91. The van der Waals surface area contributed by atoms with Crippen LogP contribution in [0.2, 0.25) is 0 Å². The summed E-state index contributed by atoms with van der Waals surface area (Å²) in [6.45, 7) is 2.32. The SMILES string of the molecule is CN(CC(=O)N1CCCC1)Cc1cc(C(=O)O)no1. The highest BCUT2D eigenvalue weighted by Gasteiger charge is 2.20. The normalized spacial score (nSPS) is 15.2. The second-order valence-corrected chi connectivity index (χ2v) is 4.74. The van der Waals surface area contributed by atoms with Crippen molar-refractivity contribution in [2.75, 3.05) is 26.7 Å². The maximum Gasteiger partial charge on any atom is 0.358 e. The molecule has 0 bridgehead atoms. The molecule has 0 aromatic carbocycles. The number of likely N-dealkylation sites (N-methyl/N-ethyl adjacent to an activating group) is 1. The minimum Gasteiger partial charge on any atom is -0.476 e. The van der Waals surface area contributed by atoms with Gasteiger partial charge in [0.15, 0.2) is 11.5 Å². The summed E-state index contributed by atoms with van der Waals surface area (Å²) in [5, 5.41) is 12.2. The molecule has 2 rings (SSSR count). The molecule has 0 saturated carbocycles. The molecule has 7 nitrogen and oxygen atoms in total. The quantitative estimate of drug-likeness (QED) is 0.832. The van der Waals surface area contributed by atoms with Gasteiger partial charge in [0.05, 0.1) is 13.1 Å². The Morgan fingerprint density at radius 2 is 2.16 bits per heavy atom. The Kier molecular flexibility index (Phi) is 4.16. The molecule has 1 amide bonds. The van der Waals surface area contributed by atoms with E-state index in [1.165, 1.54) is 6.07 Å². The number of hydrogen-bond donors (Lipinski definition) is 1. The van der Waals surface area contributed by atoms with E-state index in [0.717, 1.165) is 25.9 Å². The van der Waals surface area contributed by atoms with E-state index in [0.29, 0.717) is 18.8 Å². The largest absolute Gasteiger partial charge is 0.476 e. The van der Waals surface area contributed by atoms with E-state index in [9.17, 15) is 9.59 Å². The zero-order chi connectivity index (χ0) is 13.8. The molecule has 1 aromatic heterocycles. The summed E-state index contributed by atoms with van der Waals surface area (Å²) in [7, 11) is 1.79. The maximum absolute atomic E-state index is 11.9. The Hall–Kier alpha value is -1.89. The lowest BCUT2D eigenvalue weighted by molar-refractivity contribution is -0.131. The molecule has 0 unspecified atom stereocenters. The highest BCUT2D eigenvalue weighted by atomic mass is 16.5. The fraction of sp³-hybridized carbons (Fsp3) is 0.583. The monoisotopic (exact) mass is 267 g/mol. The molecule has 1 saturated heterocycles. The van der Waals surface area contributed by atoms with Gasteiger partial charge in [0.1, 0.15) is 0 Å². The Bertz CT molecular complexity index is 465. The zero-order valence-electron chi connectivity index (χ0n) is 10.8. The topological polar surface area (TPSA) is 86.9 Å². The number of likely N-dealkylation sites (tertiary alicyclic amines) is 1. The molecule has 2 heterocycles. The molecule has 0 spiro atoms. The first-order chi connectivity index (χ1) is 9.06. The third-order valence-corrected chi connectivity index (χ3v) is 3.07. The number of carbonyl (C=O) groups is 2. The standard InChI is InChI=1S/C12H17N3O4/c1-14(8-11(16)15-4-2-3-5-15)7-9-6-10(12(17)18)13-19-9/h6H,2-5,7-8H2,1H3,(H,17,18). The molecular formula is C12H17N3O4. The third kappa shape index (κ3) is 3.54. The van der Waals surface area contributed by atoms with E-state index in [1.807, 2.05) is 4.90 Å². The van der Waals surface area contributed by atoms with Crippen LogP contribution in [0.1, 0.15) is 29.1 Å². The van der Waals surface area contributed by atoms with Crippen LogP contribution < -0.4 is 0 Å². The van der Waals surface area contributed by atoms with Gasteiger partial charge in [-0.3, -0.25) is 9.69 Å². The second kappa shape index (κ2) is 5.83. The van der Waals surface area contributed by atoms with Crippen LogP contribution in [0.5, 0.6) is 0 Å². The minimum absolute atomic E-state index is 0.0953. The first-order valence-corrected chi connectivity index (χ1v) is 6.21. The van der Waals surface area contributed by atoms with Gasteiger partial charge in [0.25, 0.3) is 0 Å². The smallest absolute Gasteiger partial charge is 0.358 e. The van der Waals surface area contributed by atoms with Crippen molar-refractivity contribution in [2.45, 2.75) is 19.4 Å². The van der Waals surface area contributed by atoms with Crippen LogP contribution >= 0.6 is 0 Å². The maximum atomic E-state index is 11.9. The fourth-order valence-electron chi connectivity index (χ4n) is 2.11. The lowest BCUT2D eigenvalue weighted by Gasteiger charge is -2.20. The minimum atomic E-state index is -1.12. The highest BCUT2D eigenvalue weighted by Crippen LogP contribution is 2.10. The van der Waals surface area contributed by atoms with Crippen molar-refractivity contribution >= 4 is 11.9 Å². The molecule has 0 radical (unpaired) electrons. The average Bonchev–Trinajstić information content (AvgIpc) is 2.98. The number of carboxylic acids is 1. The van der Waals surface area contributed by atoms with Gasteiger partial charge in [-0.1, -0.05) is 5.16 Å². The third-order valence-electron chi connectivity index (χ3n) is 3.07. The summed E-state index contributed by atoms with van der Waals surface area (Å²) in [4.78, 5) is 26.2. The van der Waals surface area contributed by atoms with E-state index < -0.39 is 5.97 Å². The van der Waals surface area contributed by atoms with Crippen molar-refractivity contribution in [3.05, 3.63) is 17.5 Å². The molecule has 1 aromatic rings. The van der Waals surface area contributed by atoms with Crippen molar-refractivity contribution in [3.8, 4) is 0 Å². The average molecular weight is 267 g/mol. The predicted molar refractivity (Wildman–Crippen MR) is 65.6 cm³/mol. The number of aromatic carboxylic acids is 1. The Labute approximate surface area is 110 Å². The predicted octanol–water partition coefficient (Wildman–Crippen LogP) is 0.427. The molecule has 1 aliphatic heterocycles. The molecule has 0 atom stereocenters. The molecular weight excluding hydrogens is 250 g/mol. The second-order valence-electron chi connectivity index (χ2n) is 4.74. The van der Waals surface area contributed by atoms with Crippen LogP contribution in [0, 0.1) is 0 Å². The van der Waals surface area contributed by atoms with Gasteiger partial charge in [-0.2, -0.15) is 0 Å². The van der Waals surface area contributed by atoms with E-state index in [4.69, 9.17) is 9.63 Å². The molecule has 7 heteroatoms. The van der Waals surface area contributed by atoms with Gasteiger partial charge in [-0.25, -0.2) is 4.79 Å². The highest BCUT2D eigenvalue weighted by molar-refractivity contribution is 5.85. The van der Waals surface area contributed by atoms with Crippen LogP contribution in [-0.2, 0) is 11.3 Å². The van der Waals surface area contributed by atoms with Gasteiger partial charge in [-0.15, -0.1) is 0 Å². The lowest BCUT2D eigenvalue weighted by atomic mass is 10.3. The molecule has 104 valence electrons. The summed E-state index contributed by atoms with van der Waals surface area (Å²) in [6, 6.07) is 1.37. The van der Waals surface area contributed by atoms with Crippen molar-refractivity contribution in [1.29, 1.82) is 0 Å². The number of amides is 1. The summed E-state index contributed by atoms with van der Waals surface area (Å²) in [6.07, 6.45) is 2.14. The van der Waals surface area contributed by atoms with Gasteiger partial charge in [0.2, 0.25) is 5.91 Å². The number of rotatable bonds is 5. The molecule has 0 aliphatic carbocycles. The van der Waals surface area contributed by atoms with E-state index in [-0.39, 0.29) is 11.6 Å². The fourth-order valence-corrected chi connectivity index (χ4v) is 2.11. The van der Waals surface area contributed by atoms with Crippen LogP contribution in [0.15, 0.2) is 10.6 Å². The zero-order valence-corrected chi connectivity index (χ0v) is 10.8. The van der Waals surface area contributed by atoms with Gasteiger partial charge >= 0.3 is 5.97 Å². The lowest BCUT2D eigenvalue weighted by Crippen LogP contribution is -2.36. The summed E-state index contributed by atoms with van der Waals surface area (Å²) in [5.41, 5.74) is -0.116. The van der Waals surface area contributed by atoms with Crippen LogP contribution in [-0.4, -0.2) is 58.6 Å². The molecule has 1 fully saturated rings. The summed E-state index contributed by atoms with van der Waals surface area (Å²) >= 11 is 0. The summed E-state index contributed by atoms with van der Waals surface area (Å²) in [5.74, 6) is -0.585. The number of carboxylic acid groups (broad SMARTS) is 1. The van der Waals surface area contributed by atoms with Gasteiger partial charge < -0.3 is 14.5 Å². The van der Waals surface area contributed by atoms with Crippen LogP contribution in [0.25, 0.3) is 0 Å².